The molecule has 2 aromatic heterocycles. The van der Waals surface area contributed by atoms with E-state index in [9.17, 15) is 4.79 Å². The molecule has 310 valence electrons. The highest BCUT2D eigenvalue weighted by Crippen LogP contribution is 2.37. The van der Waals surface area contributed by atoms with Gasteiger partial charge < -0.3 is 29.9 Å². The van der Waals surface area contributed by atoms with Crippen LogP contribution in [0.25, 0.3) is 22.3 Å². The number of piperidine rings is 4. The van der Waals surface area contributed by atoms with Crippen LogP contribution in [0.15, 0.2) is 60.9 Å². The first kappa shape index (κ1) is 39.2. The number of aromatic nitrogens is 4. The predicted molar refractivity (Wildman–Crippen MR) is 227 cm³/mol. The van der Waals surface area contributed by atoms with E-state index in [1.807, 2.05) is 80.3 Å². The third-order valence-corrected chi connectivity index (χ3v) is 13.5. The zero-order valence-corrected chi connectivity index (χ0v) is 34.7. The molecule has 0 saturated carbocycles. The number of anilines is 1. The minimum absolute atomic E-state index is 0.159. The number of hydrogen-bond donors (Lipinski definition) is 1. The Morgan fingerprint density at radius 1 is 0.638 bits per heavy atom. The number of hydrogen-bond acceptors (Lipinski definition) is 11. The van der Waals surface area contributed by atoms with Gasteiger partial charge in [0.15, 0.2) is 5.65 Å². The van der Waals surface area contributed by atoms with Gasteiger partial charge in [-0.2, -0.15) is 5.10 Å². The zero-order valence-electron chi connectivity index (χ0n) is 34.7. The van der Waals surface area contributed by atoms with Crippen molar-refractivity contribution < 1.29 is 14.3 Å². The number of rotatable bonds is 8. The molecule has 58 heavy (non-hydrogen) atoms. The maximum Gasteiger partial charge on any atom is 0.410 e. The molecule has 5 aliphatic rings. The lowest BCUT2D eigenvalue weighted by Gasteiger charge is -2.52. The summed E-state index contributed by atoms with van der Waals surface area (Å²) in [7, 11) is 0. The normalized spacial score (nSPS) is 22.4. The molecule has 0 unspecified atom stereocenters. The summed E-state index contributed by atoms with van der Waals surface area (Å²) in [6, 6.07) is 20.8. The molecule has 0 bridgehead atoms. The highest BCUT2D eigenvalue weighted by molar-refractivity contribution is 5.98. The molecule has 9 rings (SSSR count). The number of benzene rings is 2. The van der Waals surface area contributed by atoms with Crippen LogP contribution in [0.4, 0.5) is 10.6 Å². The average molecular weight is 791 g/mol. The molecule has 5 aliphatic heterocycles. The van der Waals surface area contributed by atoms with Crippen LogP contribution < -0.4 is 10.5 Å². The highest BCUT2D eigenvalue weighted by Gasteiger charge is 2.40. The Hall–Kier alpha value is -4.30. The molecule has 2 N–H and O–H groups in total. The summed E-state index contributed by atoms with van der Waals surface area (Å²) in [4.78, 5) is 34.5. The van der Waals surface area contributed by atoms with E-state index in [1.54, 1.807) is 6.33 Å². The Morgan fingerprint density at radius 2 is 1.16 bits per heavy atom. The molecular weight excluding hydrogens is 729 g/mol. The first-order valence-corrected chi connectivity index (χ1v) is 21.9. The number of fused-ring (bicyclic) bond motifs is 1. The van der Waals surface area contributed by atoms with Gasteiger partial charge in [-0.15, -0.1) is 0 Å². The molecule has 2 aromatic carbocycles. The Labute approximate surface area is 343 Å². The summed E-state index contributed by atoms with van der Waals surface area (Å²) < 4.78 is 13.8. The van der Waals surface area contributed by atoms with Crippen molar-refractivity contribution in [3.8, 4) is 22.8 Å². The van der Waals surface area contributed by atoms with E-state index in [1.165, 1.54) is 65.0 Å². The van der Waals surface area contributed by atoms with E-state index in [4.69, 9.17) is 25.3 Å². The van der Waals surface area contributed by atoms with Crippen molar-refractivity contribution in [1.82, 2.24) is 44.2 Å². The Morgan fingerprint density at radius 3 is 1.74 bits per heavy atom. The van der Waals surface area contributed by atoms with Crippen LogP contribution >= 0.6 is 0 Å². The van der Waals surface area contributed by atoms with Crippen LogP contribution in [0.1, 0.15) is 78.2 Å². The maximum atomic E-state index is 12.5. The molecule has 0 radical (unpaired) electrons. The minimum Gasteiger partial charge on any atom is -0.457 e. The maximum absolute atomic E-state index is 12.5. The van der Waals surface area contributed by atoms with E-state index >= 15 is 0 Å². The summed E-state index contributed by atoms with van der Waals surface area (Å²) in [6.45, 7) is 16.8. The van der Waals surface area contributed by atoms with Gasteiger partial charge in [-0.3, -0.25) is 9.80 Å². The van der Waals surface area contributed by atoms with Gasteiger partial charge in [-0.1, -0.05) is 18.2 Å². The quantitative estimate of drug-likeness (QED) is 0.210. The molecule has 13 heteroatoms. The fourth-order valence-corrected chi connectivity index (χ4v) is 10.2. The van der Waals surface area contributed by atoms with Crippen LogP contribution in [0.3, 0.4) is 0 Å². The molecule has 7 heterocycles. The summed E-state index contributed by atoms with van der Waals surface area (Å²) >= 11 is 0. The number of nitrogens with two attached hydrogens (primary N) is 1. The van der Waals surface area contributed by atoms with E-state index in [0.717, 1.165) is 97.7 Å². The smallest absolute Gasteiger partial charge is 0.410 e. The number of ether oxygens (including phenoxy) is 2. The summed E-state index contributed by atoms with van der Waals surface area (Å²) in [5.74, 6) is 2.04. The molecule has 0 aliphatic carbocycles. The van der Waals surface area contributed by atoms with Crippen LogP contribution in [0.5, 0.6) is 11.5 Å². The van der Waals surface area contributed by atoms with Crippen LogP contribution in [0, 0.1) is 0 Å². The second-order valence-electron chi connectivity index (χ2n) is 18.3. The van der Waals surface area contributed by atoms with Crippen molar-refractivity contribution in [1.29, 1.82) is 0 Å². The molecule has 4 aromatic rings. The zero-order chi connectivity index (χ0) is 39.8. The third kappa shape index (κ3) is 8.55. The van der Waals surface area contributed by atoms with E-state index in [2.05, 4.69) is 29.3 Å². The van der Waals surface area contributed by atoms with Gasteiger partial charge in [0.2, 0.25) is 0 Å². The molecule has 5 saturated heterocycles. The van der Waals surface area contributed by atoms with Gasteiger partial charge in [0, 0.05) is 69.0 Å². The third-order valence-electron chi connectivity index (χ3n) is 13.5. The molecule has 0 atom stereocenters. The number of carbonyl (C=O) groups is 1. The summed E-state index contributed by atoms with van der Waals surface area (Å²) in [5.41, 5.74) is 8.64. The lowest BCUT2D eigenvalue weighted by atomic mass is 9.92. The Bertz CT molecular complexity index is 1980. The van der Waals surface area contributed by atoms with Gasteiger partial charge in [0.25, 0.3) is 0 Å². The first-order valence-electron chi connectivity index (χ1n) is 21.9. The van der Waals surface area contributed by atoms with Crippen LogP contribution in [-0.4, -0.2) is 146 Å². The van der Waals surface area contributed by atoms with E-state index < -0.39 is 5.60 Å². The largest absolute Gasteiger partial charge is 0.457 e. The summed E-state index contributed by atoms with van der Waals surface area (Å²) in [6.07, 6.45) is 10.7. The van der Waals surface area contributed by atoms with Crippen molar-refractivity contribution in [3.63, 3.8) is 0 Å². The van der Waals surface area contributed by atoms with E-state index in [-0.39, 0.29) is 12.1 Å². The predicted octanol–water partition coefficient (Wildman–Crippen LogP) is 6.52. The van der Waals surface area contributed by atoms with Crippen molar-refractivity contribution >= 4 is 22.9 Å². The first-order chi connectivity index (χ1) is 28.1. The molecule has 1 amide bonds. The SMILES string of the molecule is CC(C)(C)OC(=O)N1CCC(N2CCC(N3CCC(N4CC(N5CCC(n6nc(-c7ccc(Oc8ccccc8)cc7)c7c(N)ncnc76)CC5)C4)CC3)CC2)CC1. The monoisotopic (exact) mass is 791 g/mol. The molecule has 5 fully saturated rings. The van der Waals surface area contributed by atoms with Crippen molar-refractivity contribution in [3.05, 3.63) is 60.9 Å². The summed E-state index contributed by atoms with van der Waals surface area (Å²) in [5, 5.41) is 5.98. The van der Waals surface area contributed by atoms with Crippen molar-refractivity contribution in [2.24, 2.45) is 0 Å². The molecular formula is C45H62N10O3. The molecule has 13 nitrogen and oxygen atoms in total. The van der Waals surface area contributed by atoms with Crippen molar-refractivity contribution in [2.45, 2.75) is 108 Å². The van der Waals surface area contributed by atoms with Gasteiger partial charge >= 0.3 is 6.09 Å². The second kappa shape index (κ2) is 16.8. The lowest BCUT2D eigenvalue weighted by Crippen LogP contribution is -2.64. The van der Waals surface area contributed by atoms with Gasteiger partial charge in [-0.05, 0) is 135 Å². The standard InChI is InChI=1S/C45H62N10O3/c1-45(2,3)58-44(56)53-27-17-34(18-28-53)50-21-13-33(14-22-50)51-23-15-35(16-24-51)54-29-37(30-54)52-25-19-36(20-26-52)55-43-40(42(46)47-31-48-43)41(49-55)32-9-11-39(12-10-32)57-38-7-5-4-6-8-38/h4-12,31,33-37H,13-30H2,1-3H3,(H2,46,47,48). The minimum atomic E-state index is -0.436. The molecule has 0 spiro atoms. The second-order valence-corrected chi connectivity index (χ2v) is 18.3. The fraction of sp³-hybridized carbons (Fsp3) is 0.600. The number of para-hydroxylation sites is 1. The lowest BCUT2D eigenvalue weighted by molar-refractivity contribution is -0.0327. The number of nitrogen functional groups attached to an aromatic ring is 1. The van der Waals surface area contributed by atoms with Crippen LogP contribution in [-0.2, 0) is 4.74 Å². The van der Waals surface area contributed by atoms with Crippen molar-refractivity contribution in [2.75, 3.05) is 71.2 Å². The van der Waals surface area contributed by atoms with Crippen LogP contribution in [0.2, 0.25) is 0 Å². The number of carbonyl (C=O) groups excluding carboxylic acids is 1. The average Bonchev–Trinajstić information content (AvgIpc) is 3.62. The topological polar surface area (TPSA) is 121 Å². The highest BCUT2D eigenvalue weighted by atomic mass is 16.6. The Kier molecular flexibility index (Phi) is 11.3. The van der Waals surface area contributed by atoms with Gasteiger partial charge in [0.05, 0.1) is 11.4 Å². The Balaban J connectivity index is 0.714. The number of nitrogens with zero attached hydrogens (tertiary/aromatic N) is 9. The van der Waals surface area contributed by atoms with E-state index in [0.29, 0.717) is 17.9 Å². The van der Waals surface area contributed by atoms with Gasteiger partial charge in [0.1, 0.15) is 34.9 Å². The number of amides is 1. The fourth-order valence-electron chi connectivity index (χ4n) is 10.2. The van der Waals surface area contributed by atoms with Gasteiger partial charge in [-0.25, -0.2) is 19.4 Å². The number of likely N-dealkylation sites (tertiary alicyclic amines) is 5.